The summed E-state index contributed by atoms with van der Waals surface area (Å²) < 4.78 is 0. The fourth-order valence-corrected chi connectivity index (χ4v) is 1.05. The number of anilines is 1. The molecular formula is C7H7ClN2O2. The van der Waals surface area contributed by atoms with Crippen molar-refractivity contribution >= 4 is 23.3 Å². The van der Waals surface area contributed by atoms with Gasteiger partial charge in [-0.2, -0.15) is 0 Å². The van der Waals surface area contributed by atoms with Gasteiger partial charge in [-0.05, 0) is 6.92 Å². The van der Waals surface area contributed by atoms with E-state index in [1.807, 2.05) is 0 Å². The second-order valence-electron chi connectivity index (χ2n) is 2.29. The van der Waals surface area contributed by atoms with Crippen molar-refractivity contribution in [1.82, 2.24) is 4.98 Å². The van der Waals surface area contributed by atoms with Crippen LogP contribution in [0.2, 0.25) is 5.02 Å². The first-order valence-corrected chi connectivity index (χ1v) is 3.55. The summed E-state index contributed by atoms with van der Waals surface area (Å²) in [7, 11) is 0. The lowest BCUT2D eigenvalue weighted by Gasteiger charge is -2.04. The first-order chi connectivity index (χ1) is 5.54. The van der Waals surface area contributed by atoms with Crippen LogP contribution in [-0.4, -0.2) is 16.1 Å². The molecule has 1 rings (SSSR count). The lowest BCUT2D eigenvalue weighted by molar-refractivity contribution is 0.0698. The van der Waals surface area contributed by atoms with Crippen LogP contribution in [0.1, 0.15) is 16.1 Å². The van der Waals surface area contributed by atoms with Gasteiger partial charge in [0.15, 0.2) is 0 Å². The number of aromatic nitrogens is 1. The summed E-state index contributed by atoms with van der Waals surface area (Å²) in [5.74, 6) is -1.14. The Bertz CT molecular complexity index is 338. The highest BCUT2D eigenvalue weighted by Gasteiger charge is 2.14. The first kappa shape index (κ1) is 8.80. The molecule has 4 nitrogen and oxygen atoms in total. The maximum Gasteiger partial charge on any atom is 0.339 e. The lowest BCUT2D eigenvalue weighted by atomic mass is 10.2. The smallest absolute Gasteiger partial charge is 0.339 e. The van der Waals surface area contributed by atoms with Gasteiger partial charge in [0, 0.05) is 6.20 Å². The van der Waals surface area contributed by atoms with Crippen molar-refractivity contribution in [3.63, 3.8) is 0 Å². The number of carboxylic acids is 1. The molecular weight excluding hydrogens is 180 g/mol. The molecule has 0 atom stereocenters. The van der Waals surface area contributed by atoms with Crippen LogP contribution in [-0.2, 0) is 0 Å². The molecule has 0 saturated heterocycles. The maximum absolute atomic E-state index is 10.6. The van der Waals surface area contributed by atoms with Crippen molar-refractivity contribution in [2.45, 2.75) is 6.92 Å². The van der Waals surface area contributed by atoms with E-state index in [-0.39, 0.29) is 16.3 Å². The molecule has 0 aliphatic carbocycles. The number of nitrogens with two attached hydrogens (primary N) is 1. The number of aromatic carboxylic acids is 1. The summed E-state index contributed by atoms with van der Waals surface area (Å²) in [5, 5.41) is 8.74. The van der Waals surface area contributed by atoms with Crippen molar-refractivity contribution in [3.8, 4) is 0 Å². The molecule has 1 aromatic rings. The van der Waals surface area contributed by atoms with Gasteiger partial charge in [-0.3, -0.25) is 4.98 Å². The Labute approximate surface area is 74.0 Å². The van der Waals surface area contributed by atoms with Crippen LogP contribution in [0.25, 0.3) is 0 Å². The Hall–Kier alpha value is -1.29. The van der Waals surface area contributed by atoms with E-state index in [0.29, 0.717) is 5.69 Å². The highest BCUT2D eigenvalue weighted by Crippen LogP contribution is 2.22. The number of nitrogens with zero attached hydrogens (tertiary/aromatic N) is 1. The Kier molecular flexibility index (Phi) is 2.19. The number of aryl methyl sites for hydroxylation is 1. The summed E-state index contributed by atoms with van der Waals surface area (Å²) in [6, 6.07) is 0. The predicted octanol–water partition coefficient (Wildman–Crippen LogP) is 1.32. The van der Waals surface area contributed by atoms with Gasteiger partial charge >= 0.3 is 5.97 Å². The topological polar surface area (TPSA) is 76.2 Å². The van der Waals surface area contributed by atoms with Gasteiger partial charge in [0.1, 0.15) is 5.56 Å². The minimum Gasteiger partial charge on any atom is -0.478 e. The zero-order valence-electron chi connectivity index (χ0n) is 6.34. The summed E-state index contributed by atoms with van der Waals surface area (Å²) >= 11 is 5.57. The second kappa shape index (κ2) is 2.98. The number of pyridine rings is 1. The normalized spacial score (nSPS) is 9.83. The molecule has 0 radical (unpaired) electrons. The summed E-state index contributed by atoms with van der Waals surface area (Å²) in [6.45, 7) is 1.62. The second-order valence-corrected chi connectivity index (χ2v) is 2.69. The Balaban J connectivity index is 3.43. The predicted molar refractivity (Wildman–Crippen MR) is 45.4 cm³/mol. The highest BCUT2D eigenvalue weighted by atomic mass is 35.5. The summed E-state index contributed by atoms with van der Waals surface area (Å²) in [5.41, 5.74) is 5.97. The maximum atomic E-state index is 10.6. The molecule has 12 heavy (non-hydrogen) atoms. The number of carbonyl (C=O) groups is 1. The van der Waals surface area contributed by atoms with Crippen LogP contribution < -0.4 is 5.73 Å². The van der Waals surface area contributed by atoms with E-state index in [4.69, 9.17) is 22.4 Å². The average molecular weight is 187 g/mol. The number of hydrogen-bond donors (Lipinski definition) is 2. The van der Waals surface area contributed by atoms with Gasteiger partial charge in [0.05, 0.1) is 16.4 Å². The van der Waals surface area contributed by atoms with Crippen LogP contribution >= 0.6 is 11.6 Å². The highest BCUT2D eigenvalue weighted by molar-refractivity contribution is 6.34. The van der Waals surface area contributed by atoms with Crippen LogP contribution in [0.3, 0.4) is 0 Å². The zero-order chi connectivity index (χ0) is 9.30. The largest absolute Gasteiger partial charge is 0.478 e. The quantitative estimate of drug-likeness (QED) is 0.694. The minimum atomic E-state index is -1.14. The monoisotopic (exact) mass is 186 g/mol. The molecule has 1 aromatic heterocycles. The van der Waals surface area contributed by atoms with Crippen LogP contribution in [0, 0.1) is 6.92 Å². The number of halogens is 1. The Morgan fingerprint density at radius 3 is 2.75 bits per heavy atom. The molecule has 64 valence electrons. The van der Waals surface area contributed by atoms with Gasteiger partial charge in [-0.15, -0.1) is 0 Å². The number of rotatable bonds is 1. The van der Waals surface area contributed by atoms with E-state index in [1.165, 1.54) is 6.20 Å². The molecule has 0 bridgehead atoms. The number of carboxylic acid groups (broad SMARTS) is 1. The van der Waals surface area contributed by atoms with E-state index in [1.54, 1.807) is 6.92 Å². The van der Waals surface area contributed by atoms with E-state index in [9.17, 15) is 4.79 Å². The van der Waals surface area contributed by atoms with Crippen LogP contribution in [0.4, 0.5) is 5.69 Å². The van der Waals surface area contributed by atoms with Crippen molar-refractivity contribution in [3.05, 3.63) is 22.5 Å². The standard InChI is InChI=1S/C7H7ClN2O2/c1-3-6(9)5(7(11)12)4(8)2-10-3/h2H,9H2,1H3,(H,11,12). The Morgan fingerprint density at radius 2 is 2.33 bits per heavy atom. The van der Waals surface area contributed by atoms with Crippen molar-refractivity contribution in [2.75, 3.05) is 5.73 Å². The van der Waals surface area contributed by atoms with Crippen molar-refractivity contribution in [2.24, 2.45) is 0 Å². The number of nitrogen functional groups attached to an aromatic ring is 1. The molecule has 0 saturated carbocycles. The van der Waals surface area contributed by atoms with Crippen LogP contribution in [0.15, 0.2) is 6.20 Å². The molecule has 3 N–H and O–H groups in total. The third-order valence-corrected chi connectivity index (χ3v) is 1.77. The van der Waals surface area contributed by atoms with Gasteiger partial charge in [-0.25, -0.2) is 4.79 Å². The Morgan fingerprint density at radius 1 is 1.75 bits per heavy atom. The van der Waals surface area contributed by atoms with E-state index >= 15 is 0 Å². The third-order valence-electron chi connectivity index (χ3n) is 1.48. The van der Waals surface area contributed by atoms with E-state index in [2.05, 4.69) is 4.98 Å². The molecule has 5 heteroatoms. The van der Waals surface area contributed by atoms with Gasteiger partial charge < -0.3 is 10.8 Å². The van der Waals surface area contributed by atoms with Gasteiger partial charge in [0.2, 0.25) is 0 Å². The van der Waals surface area contributed by atoms with Crippen molar-refractivity contribution < 1.29 is 9.90 Å². The molecule has 0 fully saturated rings. The minimum absolute atomic E-state index is 0.0607. The molecule has 0 amide bonds. The van der Waals surface area contributed by atoms with Crippen molar-refractivity contribution in [1.29, 1.82) is 0 Å². The van der Waals surface area contributed by atoms with E-state index in [0.717, 1.165) is 0 Å². The summed E-state index contributed by atoms with van der Waals surface area (Å²) in [4.78, 5) is 14.4. The molecule has 1 heterocycles. The molecule has 0 unspecified atom stereocenters. The van der Waals surface area contributed by atoms with Gasteiger partial charge in [-0.1, -0.05) is 11.6 Å². The van der Waals surface area contributed by atoms with Gasteiger partial charge in [0.25, 0.3) is 0 Å². The van der Waals surface area contributed by atoms with E-state index < -0.39 is 5.97 Å². The number of hydrogen-bond acceptors (Lipinski definition) is 3. The fraction of sp³-hybridized carbons (Fsp3) is 0.143. The first-order valence-electron chi connectivity index (χ1n) is 3.18. The molecule has 0 aromatic carbocycles. The third kappa shape index (κ3) is 1.33. The fourth-order valence-electron chi connectivity index (χ4n) is 0.815. The molecule has 0 spiro atoms. The lowest BCUT2D eigenvalue weighted by Crippen LogP contribution is -2.06. The SMILES string of the molecule is Cc1ncc(Cl)c(C(=O)O)c1N. The average Bonchev–Trinajstić information content (AvgIpc) is 1.97. The zero-order valence-corrected chi connectivity index (χ0v) is 7.09. The summed E-state index contributed by atoms with van der Waals surface area (Å²) in [6.07, 6.45) is 1.27. The van der Waals surface area contributed by atoms with Crippen LogP contribution in [0.5, 0.6) is 0 Å². The molecule has 0 aliphatic heterocycles. The molecule has 0 aliphatic rings.